The molecule has 5 nitrogen and oxygen atoms in total. The summed E-state index contributed by atoms with van der Waals surface area (Å²) >= 11 is 0. The molecule has 0 N–H and O–H groups in total. The number of hydrogen-bond acceptors (Lipinski definition) is 4. The molecular weight excluding hydrogens is 302 g/mol. The molecule has 24 heavy (non-hydrogen) atoms. The largest absolute Gasteiger partial charge is 0.361 e. The van der Waals surface area contributed by atoms with Crippen molar-refractivity contribution in [1.29, 1.82) is 0 Å². The SMILES string of the molecule is Cc1cc(CC2CCN(C(=O)Cc3c(C)noc3C)CC2)ccn1. The van der Waals surface area contributed by atoms with Gasteiger partial charge in [0.25, 0.3) is 0 Å². The molecule has 1 fully saturated rings. The molecule has 0 bridgehead atoms. The molecule has 0 radical (unpaired) electrons. The van der Waals surface area contributed by atoms with E-state index in [0.29, 0.717) is 12.3 Å². The average molecular weight is 327 g/mol. The van der Waals surface area contributed by atoms with Gasteiger partial charge in [-0.15, -0.1) is 0 Å². The molecule has 0 atom stereocenters. The third-order valence-electron chi connectivity index (χ3n) is 4.96. The Morgan fingerprint density at radius 2 is 2.04 bits per heavy atom. The van der Waals surface area contributed by atoms with Gasteiger partial charge >= 0.3 is 0 Å². The summed E-state index contributed by atoms with van der Waals surface area (Å²) in [6.07, 6.45) is 5.49. The van der Waals surface area contributed by atoms with Gasteiger partial charge < -0.3 is 9.42 Å². The third kappa shape index (κ3) is 3.83. The maximum absolute atomic E-state index is 12.5. The molecule has 1 amide bonds. The molecule has 2 aromatic rings. The van der Waals surface area contributed by atoms with E-state index in [4.69, 9.17) is 4.52 Å². The van der Waals surface area contributed by atoms with Crippen LogP contribution in [0.15, 0.2) is 22.9 Å². The zero-order chi connectivity index (χ0) is 17.1. The molecule has 0 aromatic carbocycles. The first-order valence-electron chi connectivity index (χ1n) is 8.64. The smallest absolute Gasteiger partial charge is 0.227 e. The maximum Gasteiger partial charge on any atom is 0.227 e. The van der Waals surface area contributed by atoms with Crippen molar-refractivity contribution in [3.05, 3.63) is 46.6 Å². The van der Waals surface area contributed by atoms with E-state index in [9.17, 15) is 4.79 Å². The van der Waals surface area contributed by atoms with Crippen LogP contribution in [0.25, 0.3) is 0 Å². The van der Waals surface area contributed by atoms with Crippen LogP contribution in [0.3, 0.4) is 0 Å². The Kier molecular flexibility index (Phi) is 4.97. The van der Waals surface area contributed by atoms with Gasteiger partial charge in [0.05, 0.1) is 12.1 Å². The predicted octanol–water partition coefficient (Wildman–Crippen LogP) is 3.02. The highest BCUT2D eigenvalue weighted by Gasteiger charge is 2.24. The van der Waals surface area contributed by atoms with Crippen molar-refractivity contribution in [2.24, 2.45) is 5.92 Å². The molecule has 0 spiro atoms. The Bertz CT molecular complexity index is 696. The van der Waals surface area contributed by atoms with Crippen LogP contribution < -0.4 is 0 Å². The van der Waals surface area contributed by atoms with Crippen LogP contribution in [0.5, 0.6) is 0 Å². The summed E-state index contributed by atoms with van der Waals surface area (Å²) in [6, 6.07) is 4.26. The molecular formula is C19H25N3O2. The number of aryl methyl sites for hydroxylation is 3. The van der Waals surface area contributed by atoms with E-state index in [-0.39, 0.29) is 5.91 Å². The molecule has 0 aliphatic carbocycles. The summed E-state index contributed by atoms with van der Waals surface area (Å²) in [5.41, 5.74) is 4.18. The summed E-state index contributed by atoms with van der Waals surface area (Å²) < 4.78 is 5.15. The van der Waals surface area contributed by atoms with Gasteiger partial charge in [0.15, 0.2) is 0 Å². The number of aromatic nitrogens is 2. The van der Waals surface area contributed by atoms with Crippen molar-refractivity contribution in [3.8, 4) is 0 Å². The lowest BCUT2D eigenvalue weighted by Gasteiger charge is -2.32. The molecule has 3 rings (SSSR count). The van der Waals surface area contributed by atoms with Gasteiger partial charge in [-0.2, -0.15) is 0 Å². The zero-order valence-corrected chi connectivity index (χ0v) is 14.7. The van der Waals surface area contributed by atoms with Crippen LogP contribution >= 0.6 is 0 Å². The van der Waals surface area contributed by atoms with Gasteiger partial charge in [0, 0.05) is 30.5 Å². The second-order valence-corrected chi connectivity index (χ2v) is 6.81. The summed E-state index contributed by atoms with van der Waals surface area (Å²) in [5, 5.41) is 3.93. The average Bonchev–Trinajstić information content (AvgIpc) is 2.87. The lowest BCUT2D eigenvalue weighted by Crippen LogP contribution is -2.39. The fourth-order valence-electron chi connectivity index (χ4n) is 3.47. The minimum absolute atomic E-state index is 0.183. The van der Waals surface area contributed by atoms with E-state index in [1.54, 1.807) is 0 Å². The summed E-state index contributed by atoms with van der Waals surface area (Å²) in [6.45, 7) is 7.47. The number of hydrogen-bond donors (Lipinski definition) is 0. The van der Waals surface area contributed by atoms with Crippen molar-refractivity contribution in [3.63, 3.8) is 0 Å². The van der Waals surface area contributed by atoms with Crippen molar-refractivity contribution in [2.75, 3.05) is 13.1 Å². The number of pyridine rings is 1. The molecule has 0 unspecified atom stereocenters. The Balaban J connectivity index is 1.52. The van der Waals surface area contributed by atoms with Crippen molar-refractivity contribution in [1.82, 2.24) is 15.0 Å². The molecule has 1 saturated heterocycles. The Labute approximate surface area is 143 Å². The Hall–Kier alpha value is -2.17. The van der Waals surface area contributed by atoms with Crippen molar-refractivity contribution >= 4 is 5.91 Å². The first-order chi connectivity index (χ1) is 11.5. The van der Waals surface area contributed by atoms with Gasteiger partial charge in [-0.1, -0.05) is 5.16 Å². The Morgan fingerprint density at radius 3 is 2.67 bits per heavy atom. The highest BCUT2D eigenvalue weighted by Crippen LogP contribution is 2.23. The van der Waals surface area contributed by atoms with Gasteiger partial charge in [-0.3, -0.25) is 9.78 Å². The number of carbonyl (C=O) groups is 1. The molecule has 128 valence electrons. The number of amides is 1. The second kappa shape index (κ2) is 7.16. The molecule has 0 saturated carbocycles. The number of piperidine rings is 1. The fourth-order valence-corrected chi connectivity index (χ4v) is 3.47. The summed E-state index contributed by atoms with van der Waals surface area (Å²) in [7, 11) is 0. The highest BCUT2D eigenvalue weighted by molar-refractivity contribution is 5.79. The van der Waals surface area contributed by atoms with Crippen LogP contribution in [0.4, 0.5) is 0 Å². The lowest BCUT2D eigenvalue weighted by atomic mass is 9.90. The zero-order valence-electron chi connectivity index (χ0n) is 14.7. The number of rotatable bonds is 4. The first kappa shape index (κ1) is 16.7. The maximum atomic E-state index is 12.5. The fraction of sp³-hybridized carbons (Fsp3) is 0.526. The Morgan fingerprint density at radius 1 is 1.29 bits per heavy atom. The first-order valence-corrected chi connectivity index (χ1v) is 8.64. The van der Waals surface area contributed by atoms with E-state index in [0.717, 1.165) is 55.1 Å². The predicted molar refractivity (Wildman–Crippen MR) is 91.7 cm³/mol. The molecule has 1 aliphatic heterocycles. The van der Waals surface area contributed by atoms with E-state index in [2.05, 4.69) is 22.3 Å². The van der Waals surface area contributed by atoms with E-state index in [1.165, 1.54) is 5.56 Å². The monoisotopic (exact) mass is 327 g/mol. The van der Waals surface area contributed by atoms with Crippen LogP contribution in [0.2, 0.25) is 0 Å². The molecule has 2 aromatic heterocycles. The van der Waals surface area contributed by atoms with Crippen molar-refractivity contribution < 1.29 is 9.32 Å². The van der Waals surface area contributed by atoms with Crippen LogP contribution in [0, 0.1) is 26.7 Å². The van der Waals surface area contributed by atoms with Gasteiger partial charge in [0.1, 0.15) is 5.76 Å². The molecule has 3 heterocycles. The highest BCUT2D eigenvalue weighted by atomic mass is 16.5. The minimum atomic E-state index is 0.183. The normalized spacial score (nSPS) is 15.7. The lowest BCUT2D eigenvalue weighted by molar-refractivity contribution is -0.131. The third-order valence-corrected chi connectivity index (χ3v) is 4.96. The van der Waals surface area contributed by atoms with Gasteiger partial charge in [-0.25, -0.2) is 0 Å². The molecule has 5 heteroatoms. The van der Waals surface area contributed by atoms with Gasteiger partial charge in [0.2, 0.25) is 5.91 Å². The van der Waals surface area contributed by atoms with Crippen LogP contribution in [0.1, 0.15) is 41.1 Å². The summed E-state index contributed by atoms with van der Waals surface area (Å²) in [5.74, 6) is 1.58. The summed E-state index contributed by atoms with van der Waals surface area (Å²) in [4.78, 5) is 18.8. The topological polar surface area (TPSA) is 59.2 Å². The van der Waals surface area contributed by atoms with E-state index >= 15 is 0 Å². The quantitative estimate of drug-likeness (QED) is 0.866. The number of carbonyl (C=O) groups excluding carboxylic acids is 1. The second-order valence-electron chi connectivity index (χ2n) is 6.81. The van der Waals surface area contributed by atoms with Crippen molar-refractivity contribution in [2.45, 2.75) is 46.5 Å². The molecule has 1 aliphatic rings. The number of likely N-dealkylation sites (tertiary alicyclic amines) is 1. The van der Waals surface area contributed by atoms with E-state index in [1.807, 2.05) is 31.9 Å². The van der Waals surface area contributed by atoms with Crippen LogP contribution in [-0.2, 0) is 17.6 Å². The standard InChI is InChI=1S/C19H25N3O2/c1-13-10-17(4-7-20-13)11-16-5-8-22(9-6-16)19(23)12-18-14(2)21-24-15(18)3/h4,7,10,16H,5-6,8-9,11-12H2,1-3H3. The number of nitrogens with zero attached hydrogens (tertiary/aromatic N) is 3. The minimum Gasteiger partial charge on any atom is -0.361 e. The van der Waals surface area contributed by atoms with Gasteiger partial charge in [-0.05, 0) is 63.6 Å². The van der Waals surface area contributed by atoms with Crippen LogP contribution in [-0.4, -0.2) is 34.0 Å². The van der Waals surface area contributed by atoms with E-state index < -0.39 is 0 Å².